The van der Waals surface area contributed by atoms with Crippen LogP contribution in [0.4, 0.5) is 0 Å². The summed E-state index contributed by atoms with van der Waals surface area (Å²) in [6.07, 6.45) is 4.39. The molecule has 1 aliphatic rings. The molecule has 1 aliphatic carbocycles. The van der Waals surface area contributed by atoms with Gasteiger partial charge in [0.05, 0.1) is 4.90 Å². The van der Waals surface area contributed by atoms with E-state index in [1.54, 1.807) is 11.9 Å². The molecule has 0 aliphatic heterocycles. The minimum Gasteiger partial charge on any atom is -0.339 e. The number of hydrogen-bond donors (Lipinski definition) is 0. The molecule has 0 saturated heterocycles. The molecule has 2 rings (SSSR count). The van der Waals surface area contributed by atoms with E-state index in [4.69, 9.17) is 10.7 Å². The highest BCUT2D eigenvalue weighted by Crippen LogP contribution is 2.24. The fourth-order valence-corrected chi connectivity index (χ4v) is 3.19. The average molecular weight is 302 g/mol. The van der Waals surface area contributed by atoms with Crippen LogP contribution in [0.1, 0.15) is 36.0 Å². The zero-order valence-corrected chi connectivity index (χ0v) is 12.2. The van der Waals surface area contributed by atoms with E-state index in [-0.39, 0.29) is 10.8 Å². The van der Waals surface area contributed by atoms with Gasteiger partial charge >= 0.3 is 0 Å². The van der Waals surface area contributed by atoms with Crippen LogP contribution in [-0.4, -0.2) is 32.3 Å². The summed E-state index contributed by atoms with van der Waals surface area (Å²) in [7, 11) is 3.30. The lowest BCUT2D eigenvalue weighted by Crippen LogP contribution is -2.35. The number of benzene rings is 1. The summed E-state index contributed by atoms with van der Waals surface area (Å²) in [5.41, 5.74) is 0.485. The molecule has 6 heteroatoms. The zero-order valence-electron chi connectivity index (χ0n) is 10.7. The van der Waals surface area contributed by atoms with Crippen LogP contribution in [0.15, 0.2) is 29.2 Å². The van der Waals surface area contributed by atoms with E-state index in [1.165, 1.54) is 24.3 Å². The monoisotopic (exact) mass is 301 g/mol. The third-order valence-electron chi connectivity index (χ3n) is 3.58. The Balaban J connectivity index is 2.15. The molecule has 1 aromatic rings. The van der Waals surface area contributed by atoms with Crippen molar-refractivity contribution in [3.8, 4) is 0 Å². The molecule has 0 aromatic heterocycles. The van der Waals surface area contributed by atoms with Gasteiger partial charge in [-0.15, -0.1) is 0 Å². The van der Waals surface area contributed by atoms with Crippen LogP contribution in [0.5, 0.6) is 0 Å². The molecule has 0 heterocycles. The Hall–Kier alpha value is -1.07. The van der Waals surface area contributed by atoms with Crippen molar-refractivity contribution < 1.29 is 13.2 Å². The third-order valence-corrected chi connectivity index (χ3v) is 4.95. The molecule has 0 radical (unpaired) electrons. The Kier molecular flexibility index (Phi) is 4.16. The van der Waals surface area contributed by atoms with Crippen LogP contribution in [0.25, 0.3) is 0 Å². The van der Waals surface area contributed by atoms with Crippen molar-refractivity contribution in [1.29, 1.82) is 0 Å². The molecular formula is C13H16ClNO3S. The van der Waals surface area contributed by atoms with Gasteiger partial charge in [0.25, 0.3) is 15.0 Å². The molecule has 0 atom stereocenters. The van der Waals surface area contributed by atoms with Gasteiger partial charge in [0.15, 0.2) is 0 Å². The summed E-state index contributed by atoms with van der Waals surface area (Å²) < 4.78 is 22.3. The van der Waals surface area contributed by atoms with Crippen LogP contribution in [-0.2, 0) is 9.05 Å². The highest BCUT2D eigenvalue weighted by Gasteiger charge is 2.24. The molecule has 1 fully saturated rings. The van der Waals surface area contributed by atoms with E-state index in [9.17, 15) is 13.2 Å². The van der Waals surface area contributed by atoms with Gasteiger partial charge in [0.1, 0.15) is 0 Å². The van der Waals surface area contributed by atoms with Gasteiger partial charge in [0, 0.05) is 29.3 Å². The Morgan fingerprint density at radius 1 is 1.21 bits per heavy atom. The van der Waals surface area contributed by atoms with Crippen molar-refractivity contribution in [2.75, 3.05) is 7.05 Å². The predicted octanol–water partition coefficient (Wildman–Crippen LogP) is 2.63. The van der Waals surface area contributed by atoms with Crippen molar-refractivity contribution in [3.63, 3.8) is 0 Å². The standard InChI is InChI=1S/C13H16ClNO3S/c1-15(11-4-2-3-5-11)13(16)10-6-8-12(9-7-10)19(14,17)18/h6-9,11H,2-5H2,1H3. The summed E-state index contributed by atoms with van der Waals surface area (Å²) in [5, 5.41) is 0. The van der Waals surface area contributed by atoms with Crippen LogP contribution < -0.4 is 0 Å². The maximum atomic E-state index is 12.2. The second-order valence-corrected chi connectivity index (χ2v) is 7.38. The van der Waals surface area contributed by atoms with Gasteiger partial charge < -0.3 is 4.90 Å². The van der Waals surface area contributed by atoms with Gasteiger partial charge in [-0.2, -0.15) is 0 Å². The van der Waals surface area contributed by atoms with E-state index in [0.717, 1.165) is 25.7 Å². The molecule has 0 bridgehead atoms. The smallest absolute Gasteiger partial charge is 0.261 e. The number of carbonyl (C=O) groups excluding carboxylic acids is 1. The number of amides is 1. The maximum absolute atomic E-state index is 12.2. The first-order valence-corrected chi connectivity index (χ1v) is 8.52. The number of hydrogen-bond acceptors (Lipinski definition) is 3. The Bertz CT molecular complexity index is 562. The van der Waals surface area contributed by atoms with Gasteiger partial charge in [-0.3, -0.25) is 4.79 Å². The van der Waals surface area contributed by atoms with Gasteiger partial charge in [-0.05, 0) is 37.1 Å². The number of halogens is 1. The van der Waals surface area contributed by atoms with E-state index in [0.29, 0.717) is 11.6 Å². The second kappa shape index (κ2) is 5.51. The number of carbonyl (C=O) groups is 1. The highest BCUT2D eigenvalue weighted by atomic mass is 35.7. The molecule has 0 unspecified atom stereocenters. The summed E-state index contributed by atoms with van der Waals surface area (Å²) in [5.74, 6) is -0.0783. The molecule has 104 valence electrons. The lowest BCUT2D eigenvalue weighted by Gasteiger charge is -2.24. The van der Waals surface area contributed by atoms with E-state index in [1.807, 2.05) is 0 Å². The SMILES string of the molecule is CN(C(=O)c1ccc(S(=O)(=O)Cl)cc1)C1CCCC1. The zero-order chi connectivity index (χ0) is 14.0. The van der Waals surface area contributed by atoms with Gasteiger partial charge in [0.2, 0.25) is 0 Å². The highest BCUT2D eigenvalue weighted by molar-refractivity contribution is 8.13. The summed E-state index contributed by atoms with van der Waals surface area (Å²) in [4.78, 5) is 14.0. The molecular weight excluding hydrogens is 286 g/mol. The van der Waals surface area contributed by atoms with Crippen LogP contribution >= 0.6 is 10.7 Å². The summed E-state index contributed by atoms with van der Waals surface area (Å²) in [6.45, 7) is 0. The van der Waals surface area contributed by atoms with E-state index < -0.39 is 9.05 Å². The Labute approximate surface area is 117 Å². The lowest BCUT2D eigenvalue weighted by molar-refractivity contribution is 0.0735. The molecule has 0 N–H and O–H groups in total. The fourth-order valence-electron chi connectivity index (χ4n) is 2.42. The summed E-state index contributed by atoms with van der Waals surface area (Å²) >= 11 is 0. The number of nitrogens with zero attached hydrogens (tertiary/aromatic N) is 1. The van der Waals surface area contributed by atoms with Crippen molar-refractivity contribution in [2.24, 2.45) is 0 Å². The molecule has 0 spiro atoms. The number of rotatable bonds is 3. The predicted molar refractivity (Wildman–Crippen MR) is 73.8 cm³/mol. The van der Waals surface area contributed by atoms with Gasteiger partial charge in [-0.1, -0.05) is 12.8 Å². The lowest BCUT2D eigenvalue weighted by atomic mass is 10.1. The average Bonchev–Trinajstić information content (AvgIpc) is 2.90. The largest absolute Gasteiger partial charge is 0.339 e. The Morgan fingerprint density at radius 3 is 2.21 bits per heavy atom. The van der Waals surface area contributed by atoms with Crippen LogP contribution in [0.3, 0.4) is 0 Å². The minimum atomic E-state index is -3.73. The van der Waals surface area contributed by atoms with Crippen molar-refractivity contribution >= 4 is 25.6 Å². The van der Waals surface area contributed by atoms with Gasteiger partial charge in [-0.25, -0.2) is 8.42 Å². The van der Waals surface area contributed by atoms with Crippen molar-refractivity contribution in [1.82, 2.24) is 4.90 Å². The van der Waals surface area contributed by atoms with E-state index >= 15 is 0 Å². The molecule has 1 aromatic carbocycles. The molecule has 1 amide bonds. The third kappa shape index (κ3) is 3.28. The summed E-state index contributed by atoms with van der Waals surface area (Å²) in [6, 6.07) is 6.02. The molecule has 19 heavy (non-hydrogen) atoms. The molecule has 4 nitrogen and oxygen atoms in total. The normalized spacial score (nSPS) is 16.5. The topological polar surface area (TPSA) is 54.5 Å². The van der Waals surface area contributed by atoms with Crippen LogP contribution in [0.2, 0.25) is 0 Å². The first-order valence-electron chi connectivity index (χ1n) is 6.21. The first kappa shape index (κ1) is 14.3. The molecule has 1 saturated carbocycles. The fraction of sp³-hybridized carbons (Fsp3) is 0.462. The maximum Gasteiger partial charge on any atom is 0.261 e. The first-order chi connectivity index (χ1) is 8.89. The Morgan fingerprint density at radius 2 is 1.74 bits per heavy atom. The second-order valence-electron chi connectivity index (χ2n) is 4.82. The van der Waals surface area contributed by atoms with E-state index in [2.05, 4.69) is 0 Å². The van der Waals surface area contributed by atoms with Crippen molar-refractivity contribution in [2.45, 2.75) is 36.6 Å². The van der Waals surface area contributed by atoms with Crippen LogP contribution in [0, 0.1) is 0 Å². The minimum absolute atomic E-state index is 0.00855. The van der Waals surface area contributed by atoms with Crippen molar-refractivity contribution in [3.05, 3.63) is 29.8 Å². The quantitative estimate of drug-likeness (QED) is 0.807.